The number of carbonyl (C=O) groups excluding carboxylic acids is 1. The van der Waals surface area contributed by atoms with Crippen LogP contribution in [0.5, 0.6) is 5.75 Å². The number of hydrogen-bond donors (Lipinski definition) is 1. The van der Waals surface area contributed by atoms with E-state index in [1.165, 1.54) is 12.0 Å². The van der Waals surface area contributed by atoms with Gasteiger partial charge in [-0.3, -0.25) is 4.79 Å². The summed E-state index contributed by atoms with van der Waals surface area (Å²) in [6.45, 7) is 0.577. The molecule has 3 nitrogen and oxygen atoms in total. The number of benzene rings is 2. The lowest BCUT2D eigenvalue weighted by Gasteiger charge is -2.09. The summed E-state index contributed by atoms with van der Waals surface area (Å²) in [6, 6.07) is 15.1. The average molecular weight is 322 g/mol. The van der Waals surface area contributed by atoms with Crippen LogP contribution in [0, 0.1) is 0 Å². The third-order valence-electron chi connectivity index (χ3n) is 2.81. The first-order valence-corrected chi connectivity index (χ1v) is 7.86. The molecule has 1 amide bonds. The number of rotatable bonds is 6. The molecule has 0 aliphatic rings. The fourth-order valence-electron chi connectivity index (χ4n) is 1.80. The highest BCUT2D eigenvalue weighted by molar-refractivity contribution is 7.99. The highest BCUT2D eigenvalue weighted by atomic mass is 35.5. The summed E-state index contributed by atoms with van der Waals surface area (Å²) in [6.07, 6.45) is 0. The van der Waals surface area contributed by atoms with Crippen molar-refractivity contribution in [1.82, 2.24) is 5.32 Å². The van der Waals surface area contributed by atoms with Crippen LogP contribution in [0.3, 0.4) is 0 Å². The van der Waals surface area contributed by atoms with Gasteiger partial charge in [-0.25, -0.2) is 0 Å². The molecule has 2 rings (SSSR count). The van der Waals surface area contributed by atoms with E-state index in [-0.39, 0.29) is 5.91 Å². The van der Waals surface area contributed by atoms with Gasteiger partial charge < -0.3 is 10.1 Å². The smallest absolute Gasteiger partial charge is 0.255 e. The third-order valence-corrected chi connectivity index (χ3v) is 4.05. The van der Waals surface area contributed by atoms with Gasteiger partial charge in [0.05, 0.1) is 12.7 Å². The van der Waals surface area contributed by atoms with Crippen molar-refractivity contribution in [2.75, 3.05) is 19.4 Å². The highest BCUT2D eigenvalue weighted by Gasteiger charge is 2.12. The average Bonchev–Trinajstić information content (AvgIpc) is 2.52. The number of hydrogen-bond acceptors (Lipinski definition) is 3. The van der Waals surface area contributed by atoms with Crippen LogP contribution in [0.4, 0.5) is 0 Å². The molecule has 0 saturated carbocycles. The lowest BCUT2D eigenvalue weighted by molar-refractivity contribution is 0.0953. The van der Waals surface area contributed by atoms with E-state index >= 15 is 0 Å². The molecule has 110 valence electrons. The van der Waals surface area contributed by atoms with Crippen LogP contribution >= 0.6 is 23.4 Å². The second-order valence-electron chi connectivity index (χ2n) is 4.26. The Balaban J connectivity index is 1.86. The number of halogens is 1. The molecule has 0 unspecified atom stereocenters. The Labute approximate surface area is 133 Å². The molecule has 0 radical (unpaired) electrons. The van der Waals surface area contributed by atoms with Crippen molar-refractivity contribution in [2.24, 2.45) is 0 Å². The molecular formula is C16H16ClNO2S. The zero-order chi connectivity index (χ0) is 15.1. The van der Waals surface area contributed by atoms with E-state index in [1.54, 1.807) is 30.0 Å². The summed E-state index contributed by atoms with van der Waals surface area (Å²) in [4.78, 5) is 13.3. The van der Waals surface area contributed by atoms with E-state index in [4.69, 9.17) is 16.3 Å². The molecule has 0 spiro atoms. The summed E-state index contributed by atoms with van der Waals surface area (Å²) in [5.74, 6) is 1.15. The first-order chi connectivity index (χ1) is 10.2. The maximum Gasteiger partial charge on any atom is 0.255 e. The topological polar surface area (TPSA) is 38.3 Å². The summed E-state index contributed by atoms with van der Waals surface area (Å²) in [5, 5.41) is 3.39. The maximum atomic E-state index is 12.1. The fourth-order valence-corrected chi connectivity index (χ4v) is 2.76. The molecule has 0 aromatic heterocycles. The van der Waals surface area contributed by atoms with Gasteiger partial charge in [-0.1, -0.05) is 29.8 Å². The minimum atomic E-state index is -0.178. The van der Waals surface area contributed by atoms with Crippen LogP contribution < -0.4 is 10.1 Å². The van der Waals surface area contributed by atoms with Crippen molar-refractivity contribution in [3.63, 3.8) is 0 Å². The van der Waals surface area contributed by atoms with Crippen molar-refractivity contribution < 1.29 is 9.53 Å². The lowest BCUT2D eigenvalue weighted by Crippen LogP contribution is -2.26. The second kappa shape index (κ2) is 7.96. The minimum absolute atomic E-state index is 0.178. The summed E-state index contributed by atoms with van der Waals surface area (Å²) in [5.41, 5.74) is 0.453. The molecule has 0 aliphatic carbocycles. The number of methoxy groups -OCH3 is 1. The number of ether oxygens (including phenoxy) is 1. The van der Waals surface area contributed by atoms with Gasteiger partial charge in [0.25, 0.3) is 5.91 Å². The Morgan fingerprint density at radius 1 is 1.24 bits per heavy atom. The SMILES string of the molecule is COc1ccc(Cl)cc1C(=O)NCCSc1ccccc1. The van der Waals surface area contributed by atoms with Gasteiger partial charge >= 0.3 is 0 Å². The van der Waals surface area contributed by atoms with Gasteiger partial charge in [0.1, 0.15) is 5.75 Å². The molecule has 0 saturated heterocycles. The first-order valence-electron chi connectivity index (χ1n) is 6.50. The zero-order valence-corrected chi connectivity index (χ0v) is 13.2. The lowest BCUT2D eigenvalue weighted by atomic mass is 10.2. The normalized spacial score (nSPS) is 10.2. The molecule has 0 atom stereocenters. The van der Waals surface area contributed by atoms with Crippen molar-refractivity contribution >= 4 is 29.3 Å². The Kier molecular flexibility index (Phi) is 5.96. The van der Waals surface area contributed by atoms with Crippen molar-refractivity contribution in [2.45, 2.75) is 4.90 Å². The van der Waals surface area contributed by atoms with E-state index in [0.29, 0.717) is 22.9 Å². The molecule has 0 fully saturated rings. The molecule has 5 heteroatoms. The Hall–Kier alpha value is -1.65. The predicted molar refractivity (Wildman–Crippen MR) is 87.5 cm³/mol. The van der Waals surface area contributed by atoms with Gasteiger partial charge in [-0.2, -0.15) is 0 Å². The van der Waals surface area contributed by atoms with Crippen molar-refractivity contribution in [3.05, 3.63) is 59.1 Å². The number of nitrogens with one attached hydrogen (secondary N) is 1. The standard InChI is InChI=1S/C16H16ClNO2S/c1-20-15-8-7-12(17)11-14(15)16(19)18-9-10-21-13-5-3-2-4-6-13/h2-8,11H,9-10H2,1H3,(H,18,19). The second-order valence-corrected chi connectivity index (χ2v) is 5.87. The molecular weight excluding hydrogens is 306 g/mol. The zero-order valence-electron chi connectivity index (χ0n) is 11.6. The number of thioether (sulfide) groups is 1. The fraction of sp³-hybridized carbons (Fsp3) is 0.188. The molecule has 0 bridgehead atoms. The van der Waals surface area contributed by atoms with E-state index < -0.39 is 0 Å². The minimum Gasteiger partial charge on any atom is -0.496 e. The van der Waals surface area contributed by atoms with Gasteiger partial charge in [-0.05, 0) is 30.3 Å². The van der Waals surface area contributed by atoms with E-state index in [1.807, 2.05) is 30.3 Å². The molecule has 1 N–H and O–H groups in total. The largest absolute Gasteiger partial charge is 0.496 e. The van der Waals surface area contributed by atoms with E-state index in [9.17, 15) is 4.79 Å². The molecule has 0 heterocycles. The van der Waals surface area contributed by atoms with Crippen LogP contribution in [0.2, 0.25) is 5.02 Å². The quantitative estimate of drug-likeness (QED) is 0.648. The summed E-state index contributed by atoms with van der Waals surface area (Å²) in [7, 11) is 1.53. The highest BCUT2D eigenvalue weighted by Crippen LogP contribution is 2.22. The monoisotopic (exact) mass is 321 g/mol. The van der Waals surface area contributed by atoms with Crippen LogP contribution in [-0.2, 0) is 0 Å². The number of amides is 1. The number of carbonyl (C=O) groups is 1. The van der Waals surface area contributed by atoms with Crippen LogP contribution in [0.1, 0.15) is 10.4 Å². The van der Waals surface area contributed by atoms with Gasteiger partial charge in [0.15, 0.2) is 0 Å². The third kappa shape index (κ3) is 4.69. The van der Waals surface area contributed by atoms with Gasteiger partial charge in [0, 0.05) is 22.2 Å². The Morgan fingerprint density at radius 3 is 2.71 bits per heavy atom. The van der Waals surface area contributed by atoms with E-state index in [2.05, 4.69) is 5.32 Å². The van der Waals surface area contributed by atoms with Crippen LogP contribution in [-0.4, -0.2) is 25.3 Å². The van der Waals surface area contributed by atoms with Crippen molar-refractivity contribution in [1.29, 1.82) is 0 Å². The molecule has 2 aromatic rings. The van der Waals surface area contributed by atoms with Gasteiger partial charge in [0.2, 0.25) is 0 Å². The molecule has 2 aromatic carbocycles. The van der Waals surface area contributed by atoms with Crippen LogP contribution in [0.15, 0.2) is 53.4 Å². The Bertz CT molecular complexity index is 604. The Morgan fingerprint density at radius 2 is 2.00 bits per heavy atom. The van der Waals surface area contributed by atoms with E-state index in [0.717, 1.165) is 5.75 Å². The first kappa shape index (κ1) is 15.7. The molecule has 0 aliphatic heterocycles. The summed E-state index contributed by atoms with van der Waals surface area (Å²) < 4.78 is 5.17. The van der Waals surface area contributed by atoms with Gasteiger partial charge in [-0.15, -0.1) is 11.8 Å². The predicted octanol–water partition coefficient (Wildman–Crippen LogP) is 3.87. The summed E-state index contributed by atoms with van der Waals surface area (Å²) >= 11 is 7.62. The van der Waals surface area contributed by atoms with Crippen molar-refractivity contribution in [3.8, 4) is 5.75 Å². The molecule has 21 heavy (non-hydrogen) atoms. The van der Waals surface area contributed by atoms with Crippen LogP contribution in [0.25, 0.3) is 0 Å². The maximum absolute atomic E-state index is 12.1.